The van der Waals surface area contributed by atoms with E-state index in [1.165, 1.54) is 6.07 Å². The Balaban J connectivity index is 2.04. The van der Waals surface area contributed by atoms with Crippen molar-refractivity contribution < 1.29 is 19.1 Å². The third kappa shape index (κ3) is 3.82. The van der Waals surface area contributed by atoms with E-state index in [-0.39, 0.29) is 17.8 Å². The molecule has 0 saturated carbocycles. The van der Waals surface area contributed by atoms with E-state index in [2.05, 4.69) is 31.5 Å². The van der Waals surface area contributed by atoms with E-state index in [1.807, 2.05) is 0 Å². The van der Waals surface area contributed by atoms with Gasteiger partial charge >= 0.3 is 12.0 Å². The number of urea groups is 1. The van der Waals surface area contributed by atoms with Crippen LogP contribution in [0, 0.1) is 6.92 Å². The van der Waals surface area contributed by atoms with Gasteiger partial charge in [-0.25, -0.2) is 14.6 Å². The Morgan fingerprint density at radius 2 is 2.19 bits per heavy atom. The molecule has 2 amide bonds. The number of amides is 2. The highest BCUT2D eigenvalue weighted by atomic mass is 79.9. The second kappa shape index (κ2) is 6.40. The van der Waals surface area contributed by atoms with Gasteiger partial charge in [0.15, 0.2) is 0 Å². The summed E-state index contributed by atoms with van der Waals surface area (Å²) in [5.74, 6) is -0.116. The van der Waals surface area contributed by atoms with Crippen LogP contribution in [0.5, 0.6) is 0 Å². The summed E-state index contributed by atoms with van der Waals surface area (Å²) in [6.07, 6.45) is 1.55. The fraction of sp³-hybridized carbons (Fsp3) is 0.154. The van der Waals surface area contributed by atoms with Gasteiger partial charge < -0.3 is 20.2 Å². The van der Waals surface area contributed by atoms with E-state index < -0.39 is 12.0 Å². The van der Waals surface area contributed by atoms with Gasteiger partial charge in [-0.2, -0.15) is 0 Å². The zero-order valence-corrected chi connectivity index (χ0v) is 12.6. The molecular formula is C13H12BrN3O4. The predicted molar refractivity (Wildman–Crippen MR) is 78.2 cm³/mol. The normalized spacial score (nSPS) is 10.2. The van der Waals surface area contributed by atoms with Crippen LogP contribution >= 0.6 is 15.9 Å². The Kier molecular flexibility index (Phi) is 4.59. The molecule has 0 unspecified atom stereocenters. The van der Waals surface area contributed by atoms with Crippen molar-refractivity contribution in [2.75, 3.05) is 5.32 Å². The van der Waals surface area contributed by atoms with Crippen LogP contribution in [0.1, 0.15) is 22.0 Å². The molecule has 8 heteroatoms. The van der Waals surface area contributed by atoms with Gasteiger partial charge in [-0.1, -0.05) is 6.07 Å². The molecule has 21 heavy (non-hydrogen) atoms. The lowest BCUT2D eigenvalue weighted by atomic mass is 10.2. The summed E-state index contributed by atoms with van der Waals surface area (Å²) < 4.78 is 5.69. The van der Waals surface area contributed by atoms with E-state index in [1.54, 1.807) is 25.3 Å². The standard InChI is InChI=1S/C13H12BrN3O4/c1-7-5-15-10(21-7)6-16-13(20)17-11-8(12(18)19)3-2-4-9(11)14/h2-5H,6H2,1H3,(H,18,19)(H2,16,17,20). The van der Waals surface area contributed by atoms with Crippen LogP contribution in [0.25, 0.3) is 0 Å². The summed E-state index contributed by atoms with van der Waals surface area (Å²) in [7, 11) is 0. The minimum Gasteiger partial charge on any atom is -0.478 e. The molecule has 0 aliphatic rings. The van der Waals surface area contributed by atoms with Crippen molar-refractivity contribution in [3.63, 3.8) is 0 Å². The topological polar surface area (TPSA) is 104 Å². The SMILES string of the molecule is Cc1cnc(CNC(=O)Nc2c(Br)cccc2C(=O)O)o1. The first-order valence-electron chi connectivity index (χ1n) is 5.95. The van der Waals surface area contributed by atoms with Crippen LogP contribution in [-0.4, -0.2) is 22.1 Å². The third-order valence-electron chi connectivity index (χ3n) is 2.55. The molecule has 1 aromatic heterocycles. The van der Waals surface area contributed by atoms with E-state index >= 15 is 0 Å². The number of aromatic carboxylic acids is 1. The summed E-state index contributed by atoms with van der Waals surface area (Å²) in [5, 5.41) is 14.1. The van der Waals surface area contributed by atoms with Crippen molar-refractivity contribution in [1.29, 1.82) is 0 Å². The Morgan fingerprint density at radius 1 is 1.43 bits per heavy atom. The molecule has 0 radical (unpaired) electrons. The molecule has 0 saturated heterocycles. The number of rotatable bonds is 4. The summed E-state index contributed by atoms with van der Waals surface area (Å²) >= 11 is 3.21. The van der Waals surface area contributed by atoms with Crippen molar-refractivity contribution in [1.82, 2.24) is 10.3 Å². The first-order valence-corrected chi connectivity index (χ1v) is 6.74. The molecule has 3 N–H and O–H groups in total. The van der Waals surface area contributed by atoms with E-state index in [4.69, 9.17) is 9.52 Å². The van der Waals surface area contributed by atoms with Crippen molar-refractivity contribution in [3.05, 3.63) is 46.1 Å². The van der Waals surface area contributed by atoms with Crippen molar-refractivity contribution in [3.8, 4) is 0 Å². The lowest BCUT2D eigenvalue weighted by Crippen LogP contribution is -2.29. The van der Waals surface area contributed by atoms with Gasteiger partial charge in [0.2, 0.25) is 5.89 Å². The maximum atomic E-state index is 11.8. The number of carbonyl (C=O) groups is 2. The minimum atomic E-state index is -1.13. The summed E-state index contributed by atoms with van der Waals surface area (Å²) in [6.45, 7) is 1.85. The maximum absolute atomic E-state index is 11.8. The third-order valence-corrected chi connectivity index (χ3v) is 3.21. The predicted octanol–water partition coefficient (Wildman–Crippen LogP) is 2.77. The highest BCUT2D eigenvalue weighted by Crippen LogP contribution is 2.26. The lowest BCUT2D eigenvalue weighted by Gasteiger charge is -2.10. The van der Waals surface area contributed by atoms with Crippen LogP contribution in [-0.2, 0) is 6.54 Å². The number of hydrogen-bond donors (Lipinski definition) is 3. The molecule has 110 valence electrons. The van der Waals surface area contributed by atoms with Gasteiger partial charge in [0.1, 0.15) is 5.76 Å². The number of nitrogens with zero attached hydrogens (tertiary/aromatic N) is 1. The minimum absolute atomic E-state index is 0.00788. The fourth-order valence-corrected chi connectivity index (χ4v) is 2.09. The average molecular weight is 354 g/mol. The van der Waals surface area contributed by atoms with Crippen LogP contribution in [0.15, 0.2) is 33.3 Å². The van der Waals surface area contributed by atoms with Crippen molar-refractivity contribution in [2.24, 2.45) is 0 Å². The molecule has 0 fully saturated rings. The lowest BCUT2D eigenvalue weighted by molar-refractivity contribution is 0.0698. The molecule has 0 bridgehead atoms. The summed E-state index contributed by atoms with van der Waals surface area (Å²) in [5.41, 5.74) is 0.178. The number of para-hydroxylation sites is 1. The number of nitrogens with one attached hydrogen (secondary N) is 2. The van der Waals surface area contributed by atoms with E-state index in [9.17, 15) is 9.59 Å². The zero-order valence-electron chi connectivity index (χ0n) is 11.0. The number of carbonyl (C=O) groups excluding carboxylic acids is 1. The van der Waals surface area contributed by atoms with Crippen molar-refractivity contribution >= 4 is 33.6 Å². The number of carboxylic acids is 1. The number of aryl methyl sites for hydroxylation is 1. The molecule has 2 rings (SSSR count). The molecule has 1 heterocycles. The average Bonchev–Trinajstić information content (AvgIpc) is 2.84. The maximum Gasteiger partial charge on any atom is 0.337 e. The number of anilines is 1. The number of hydrogen-bond acceptors (Lipinski definition) is 4. The molecule has 7 nitrogen and oxygen atoms in total. The Hall–Kier alpha value is -2.35. The van der Waals surface area contributed by atoms with Crippen LogP contribution in [0.3, 0.4) is 0 Å². The highest BCUT2D eigenvalue weighted by Gasteiger charge is 2.15. The van der Waals surface area contributed by atoms with E-state index in [0.717, 1.165) is 0 Å². The first kappa shape index (κ1) is 15.0. The van der Waals surface area contributed by atoms with Gasteiger partial charge in [0.25, 0.3) is 0 Å². The number of halogens is 1. The molecule has 0 aliphatic heterocycles. The van der Waals surface area contributed by atoms with Gasteiger partial charge in [0, 0.05) is 4.47 Å². The van der Waals surface area contributed by atoms with Crippen LogP contribution in [0.2, 0.25) is 0 Å². The van der Waals surface area contributed by atoms with Gasteiger partial charge in [-0.3, -0.25) is 0 Å². The number of aromatic nitrogens is 1. The van der Waals surface area contributed by atoms with E-state index in [0.29, 0.717) is 16.1 Å². The van der Waals surface area contributed by atoms with Gasteiger partial charge in [0.05, 0.1) is 24.0 Å². The number of carboxylic acid groups (broad SMARTS) is 1. The van der Waals surface area contributed by atoms with Gasteiger partial charge in [-0.05, 0) is 35.0 Å². The number of benzene rings is 1. The Morgan fingerprint density at radius 3 is 2.81 bits per heavy atom. The fourth-order valence-electron chi connectivity index (χ4n) is 1.63. The highest BCUT2D eigenvalue weighted by molar-refractivity contribution is 9.10. The zero-order chi connectivity index (χ0) is 15.4. The molecule has 1 aromatic carbocycles. The molecule has 2 aromatic rings. The number of oxazole rings is 1. The van der Waals surface area contributed by atoms with Gasteiger partial charge in [-0.15, -0.1) is 0 Å². The summed E-state index contributed by atoms with van der Waals surface area (Å²) in [4.78, 5) is 26.9. The van der Waals surface area contributed by atoms with Crippen LogP contribution in [0.4, 0.5) is 10.5 Å². The monoisotopic (exact) mass is 353 g/mol. The second-order valence-corrected chi connectivity index (χ2v) is 4.99. The summed E-state index contributed by atoms with van der Waals surface area (Å²) in [6, 6.07) is 4.06. The second-order valence-electron chi connectivity index (χ2n) is 4.14. The Labute approximate surface area is 128 Å². The van der Waals surface area contributed by atoms with Crippen molar-refractivity contribution in [2.45, 2.75) is 13.5 Å². The molecule has 0 aliphatic carbocycles. The molecule has 0 atom stereocenters. The molecular weight excluding hydrogens is 342 g/mol. The van der Waals surface area contributed by atoms with Crippen LogP contribution < -0.4 is 10.6 Å². The quantitative estimate of drug-likeness (QED) is 0.783. The Bertz CT molecular complexity index is 684. The smallest absolute Gasteiger partial charge is 0.337 e. The molecule has 0 spiro atoms. The first-order chi connectivity index (χ1) is 9.97. The largest absolute Gasteiger partial charge is 0.478 e.